The first-order valence-electron chi connectivity index (χ1n) is 6.06. The summed E-state index contributed by atoms with van der Waals surface area (Å²) in [4.78, 5) is 0. The second-order valence-electron chi connectivity index (χ2n) is 4.30. The minimum Gasteiger partial charge on any atom is -0.461 e. The van der Waals surface area contributed by atoms with Crippen molar-refractivity contribution in [1.29, 1.82) is 0 Å². The van der Waals surface area contributed by atoms with Crippen molar-refractivity contribution in [1.82, 2.24) is 14.9 Å². The molecule has 3 rings (SSSR count). The molecule has 0 aliphatic rings. The highest BCUT2D eigenvalue weighted by Gasteiger charge is 2.10. The van der Waals surface area contributed by atoms with Gasteiger partial charge >= 0.3 is 0 Å². The van der Waals surface area contributed by atoms with Gasteiger partial charge in [0, 0.05) is 0 Å². The number of aromatic nitrogens is 3. The van der Waals surface area contributed by atoms with E-state index in [1.165, 1.54) is 10.2 Å². The van der Waals surface area contributed by atoms with Crippen LogP contribution in [0.2, 0.25) is 0 Å². The summed E-state index contributed by atoms with van der Waals surface area (Å²) in [6, 6.07) is 11.7. The van der Waals surface area contributed by atoms with Crippen LogP contribution < -0.4 is 0 Å². The summed E-state index contributed by atoms with van der Waals surface area (Å²) in [5.41, 5.74) is 2.20. The standard InChI is InChI=1S/C14H12N4OS/c1-10-4-6-11(7-5-10)9-15-18-13(16-17-14(18)20)12-3-2-8-19-12/h2-9H,1H3,(H,17,20)/b15-9-. The van der Waals surface area contributed by atoms with Crippen LogP contribution >= 0.6 is 12.2 Å². The molecular weight excluding hydrogens is 272 g/mol. The third-order valence-corrected chi connectivity index (χ3v) is 3.06. The third-order valence-electron chi connectivity index (χ3n) is 2.79. The number of furan rings is 1. The first-order valence-corrected chi connectivity index (χ1v) is 6.47. The van der Waals surface area contributed by atoms with Crippen LogP contribution in [0.1, 0.15) is 11.1 Å². The van der Waals surface area contributed by atoms with Gasteiger partial charge in [-0.15, -0.1) is 5.10 Å². The van der Waals surface area contributed by atoms with Crippen molar-refractivity contribution in [3.05, 3.63) is 58.6 Å². The minimum absolute atomic E-state index is 0.416. The van der Waals surface area contributed by atoms with Gasteiger partial charge in [-0.25, -0.2) is 5.10 Å². The van der Waals surface area contributed by atoms with Crippen LogP contribution in [0.4, 0.5) is 0 Å². The lowest BCUT2D eigenvalue weighted by Crippen LogP contribution is -1.94. The summed E-state index contributed by atoms with van der Waals surface area (Å²) in [5, 5.41) is 11.2. The molecule has 0 unspecified atom stereocenters. The number of benzene rings is 1. The van der Waals surface area contributed by atoms with Gasteiger partial charge in [0.15, 0.2) is 5.76 Å². The highest BCUT2D eigenvalue weighted by molar-refractivity contribution is 7.71. The van der Waals surface area contributed by atoms with E-state index < -0.39 is 0 Å². The highest BCUT2D eigenvalue weighted by Crippen LogP contribution is 2.17. The third kappa shape index (κ3) is 2.46. The van der Waals surface area contributed by atoms with Gasteiger partial charge in [0.05, 0.1) is 12.5 Å². The van der Waals surface area contributed by atoms with Crippen LogP contribution in [0.15, 0.2) is 52.2 Å². The van der Waals surface area contributed by atoms with E-state index in [1.807, 2.05) is 37.3 Å². The second kappa shape index (κ2) is 5.26. The Morgan fingerprint density at radius 3 is 2.80 bits per heavy atom. The van der Waals surface area contributed by atoms with Crippen LogP contribution in [0.5, 0.6) is 0 Å². The monoisotopic (exact) mass is 284 g/mol. The van der Waals surface area contributed by atoms with Gasteiger partial charge < -0.3 is 4.42 Å². The molecule has 0 spiro atoms. The van der Waals surface area contributed by atoms with Gasteiger partial charge in [0.1, 0.15) is 0 Å². The maximum atomic E-state index is 5.32. The number of nitrogens with zero attached hydrogens (tertiary/aromatic N) is 3. The van der Waals surface area contributed by atoms with Gasteiger partial charge in [-0.2, -0.15) is 9.78 Å². The predicted molar refractivity (Wildman–Crippen MR) is 79.3 cm³/mol. The molecule has 0 aliphatic heterocycles. The largest absolute Gasteiger partial charge is 0.461 e. The van der Waals surface area contributed by atoms with Gasteiger partial charge in [-0.3, -0.25) is 0 Å². The fourth-order valence-electron chi connectivity index (χ4n) is 1.74. The lowest BCUT2D eigenvalue weighted by molar-refractivity contribution is 0.573. The number of hydrogen-bond donors (Lipinski definition) is 1. The molecule has 5 nitrogen and oxygen atoms in total. The Morgan fingerprint density at radius 2 is 2.10 bits per heavy atom. The normalized spacial score (nSPS) is 11.2. The maximum Gasteiger partial charge on any atom is 0.219 e. The Bertz CT molecular complexity index is 781. The summed E-state index contributed by atoms with van der Waals surface area (Å²) in [7, 11) is 0. The average molecular weight is 284 g/mol. The Morgan fingerprint density at radius 1 is 1.30 bits per heavy atom. The summed E-state index contributed by atoms with van der Waals surface area (Å²) in [6.45, 7) is 2.04. The zero-order valence-electron chi connectivity index (χ0n) is 10.8. The van der Waals surface area contributed by atoms with Gasteiger partial charge in [0.2, 0.25) is 10.6 Å². The Kier molecular flexibility index (Phi) is 3.30. The second-order valence-corrected chi connectivity index (χ2v) is 4.68. The van der Waals surface area contributed by atoms with E-state index in [2.05, 4.69) is 15.3 Å². The lowest BCUT2D eigenvalue weighted by Gasteiger charge is -1.98. The van der Waals surface area contributed by atoms with E-state index in [0.29, 0.717) is 16.4 Å². The van der Waals surface area contributed by atoms with Crippen molar-refractivity contribution < 1.29 is 4.42 Å². The molecule has 1 N–H and O–H groups in total. The SMILES string of the molecule is Cc1ccc(/C=N\n2c(-c3ccco3)n[nH]c2=S)cc1. The molecule has 0 saturated heterocycles. The zero-order chi connectivity index (χ0) is 13.9. The summed E-state index contributed by atoms with van der Waals surface area (Å²) in [6.07, 6.45) is 3.32. The van der Waals surface area contributed by atoms with Gasteiger partial charge in [-0.1, -0.05) is 29.8 Å². The first-order chi connectivity index (χ1) is 9.74. The van der Waals surface area contributed by atoms with Crippen molar-refractivity contribution in [2.24, 2.45) is 5.10 Å². The van der Waals surface area contributed by atoms with E-state index in [4.69, 9.17) is 16.6 Å². The molecule has 0 fully saturated rings. The molecule has 0 amide bonds. The van der Waals surface area contributed by atoms with Crippen LogP contribution in [-0.2, 0) is 0 Å². The van der Waals surface area contributed by atoms with Crippen LogP contribution in [0.3, 0.4) is 0 Å². The molecular formula is C14H12N4OS. The predicted octanol–water partition coefficient (Wildman–Crippen LogP) is 3.39. The molecule has 0 radical (unpaired) electrons. The van der Waals surface area contributed by atoms with E-state index in [0.717, 1.165) is 5.56 Å². The summed E-state index contributed by atoms with van der Waals surface area (Å²) < 4.78 is 7.27. The fourth-order valence-corrected chi connectivity index (χ4v) is 1.92. The number of nitrogens with one attached hydrogen (secondary N) is 1. The van der Waals surface area contributed by atoms with Crippen LogP contribution in [0.25, 0.3) is 11.6 Å². The van der Waals surface area contributed by atoms with E-state index >= 15 is 0 Å². The molecule has 100 valence electrons. The lowest BCUT2D eigenvalue weighted by atomic mass is 10.2. The van der Waals surface area contributed by atoms with Crippen LogP contribution in [0, 0.1) is 11.7 Å². The Labute approximate surface area is 120 Å². The number of rotatable bonds is 3. The van der Waals surface area contributed by atoms with Crippen molar-refractivity contribution in [3.8, 4) is 11.6 Å². The molecule has 0 atom stereocenters. The summed E-state index contributed by atoms with van der Waals surface area (Å²) in [5.74, 6) is 1.15. The molecule has 6 heteroatoms. The first kappa shape index (κ1) is 12.6. The molecule has 20 heavy (non-hydrogen) atoms. The van der Waals surface area contributed by atoms with Crippen molar-refractivity contribution in [2.75, 3.05) is 0 Å². The maximum absolute atomic E-state index is 5.32. The molecule has 2 heterocycles. The van der Waals surface area contributed by atoms with Gasteiger partial charge in [-0.05, 0) is 36.8 Å². The molecule has 1 aromatic carbocycles. The van der Waals surface area contributed by atoms with Crippen molar-refractivity contribution in [2.45, 2.75) is 6.92 Å². The summed E-state index contributed by atoms with van der Waals surface area (Å²) >= 11 is 5.17. The fraction of sp³-hybridized carbons (Fsp3) is 0.0714. The molecule has 2 aromatic heterocycles. The number of hydrogen-bond acceptors (Lipinski definition) is 4. The average Bonchev–Trinajstić information content (AvgIpc) is 3.08. The number of H-pyrrole nitrogens is 1. The van der Waals surface area contributed by atoms with Gasteiger partial charge in [0.25, 0.3) is 0 Å². The smallest absolute Gasteiger partial charge is 0.219 e. The number of aryl methyl sites for hydroxylation is 1. The quantitative estimate of drug-likeness (QED) is 0.592. The topological polar surface area (TPSA) is 59.1 Å². The van der Waals surface area contributed by atoms with E-state index in [9.17, 15) is 0 Å². The Balaban J connectivity index is 1.97. The van der Waals surface area contributed by atoms with E-state index in [1.54, 1.807) is 18.5 Å². The van der Waals surface area contributed by atoms with Crippen LogP contribution in [-0.4, -0.2) is 21.1 Å². The molecule has 3 aromatic rings. The van der Waals surface area contributed by atoms with E-state index in [-0.39, 0.29) is 0 Å². The molecule has 0 saturated carbocycles. The molecule has 0 bridgehead atoms. The number of aromatic amines is 1. The zero-order valence-corrected chi connectivity index (χ0v) is 11.6. The minimum atomic E-state index is 0.416. The van der Waals surface area contributed by atoms with Crippen molar-refractivity contribution in [3.63, 3.8) is 0 Å². The Hall–Kier alpha value is -2.47. The highest BCUT2D eigenvalue weighted by atomic mass is 32.1. The van der Waals surface area contributed by atoms with Crippen molar-refractivity contribution >= 4 is 18.4 Å². The molecule has 0 aliphatic carbocycles.